The molecule has 0 saturated heterocycles. The van der Waals surface area contributed by atoms with E-state index in [-0.39, 0.29) is 5.43 Å². The van der Waals surface area contributed by atoms with Crippen LogP contribution < -0.4 is 10.2 Å². The Balaban J connectivity index is 1.70. The van der Waals surface area contributed by atoms with E-state index in [4.69, 9.17) is 20.8 Å². The Morgan fingerprint density at radius 2 is 1.88 bits per heavy atom. The first-order valence-corrected chi connectivity index (χ1v) is 9.21. The van der Waals surface area contributed by atoms with Crippen LogP contribution in [0.3, 0.4) is 0 Å². The van der Waals surface area contributed by atoms with Crippen LogP contribution in [-0.2, 0) is 6.54 Å². The number of fused-ring (bicyclic) bond motifs is 3. The van der Waals surface area contributed by atoms with Gasteiger partial charge in [0.2, 0.25) is 5.43 Å². The summed E-state index contributed by atoms with van der Waals surface area (Å²) in [6.07, 6.45) is 2.43. The predicted octanol–water partition coefficient (Wildman–Crippen LogP) is 4.74. The fourth-order valence-electron chi connectivity index (χ4n) is 3.72. The molecule has 2 heterocycles. The Morgan fingerprint density at radius 3 is 2.62 bits per heavy atom. The number of rotatable bonds is 2. The minimum absolute atomic E-state index is 0.0163. The van der Waals surface area contributed by atoms with Crippen molar-refractivity contribution in [2.24, 2.45) is 0 Å². The molecule has 5 heteroatoms. The summed E-state index contributed by atoms with van der Waals surface area (Å²) in [5.74, 6) is 1.43. The van der Waals surface area contributed by atoms with Gasteiger partial charge in [-0.2, -0.15) is 0 Å². The van der Waals surface area contributed by atoms with E-state index in [9.17, 15) is 4.79 Å². The summed E-state index contributed by atoms with van der Waals surface area (Å²) in [5.41, 5.74) is 3.01. The van der Waals surface area contributed by atoms with Crippen LogP contribution in [0.1, 0.15) is 24.2 Å². The molecule has 0 spiro atoms. The molecule has 2 aliphatic rings. The predicted molar refractivity (Wildman–Crippen MR) is 102 cm³/mol. The van der Waals surface area contributed by atoms with E-state index in [1.165, 1.54) is 12.8 Å². The van der Waals surface area contributed by atoms with Crippen molar-refractivity contribution >= 4 is 22.6 Å². The summed E-state index contributed by atoms with van der Waals surface area (Å²) in [6.45, 7) is 3.21. The molecule has 3 aromatic rings. The van der Waals surface area contributed by atoms with Crippen molar-refractivity contribution in [2.45, 2.75) is 32.4 Å². The lowest BCUT2D eigenvalue weighted by Crippen LogP contribution is -2.34. The molecule has 1 fully saturated rings. The Labute approximate surface area is 155 Å². The standard InChI is InChI=1S/C21H18ClNO3/c1-12-19(13-2-4-14(22)5-3-13)20(24)16-8-9-18-17(21(16)26-12)10-23(11-25-18)15-6-7-15/h2-5,8-9,15H,6-7,10-11H2,1H3. The van der Waals surface area contributed by atoms with Crippen LogP contribution >= 0.6 is 11.6 Å². The average Bonchev–Trinajstić information content (AvgIpc) is 3.48. The number of nitrogens with zero attached hydrogens (tertiary/aromatic N) is 1. The molecule has 26 heavy (non-hydrogen) atoms. The van der Waals surface area contributed by atoms with Gasteiger partial charge in [0, 0.05) is 17.6 Å². The highest BCUT2D eigenvalue weighted by Gasteiger charge is 2.33. The van der Waals surface area contributed by atoms with Gasteiger partial charge in [-0.1, -0.05) is 23.7 Å². The molecule has 0 amide bonds. The molecule has 2 aromatic carbocycles. The Morgan fingerprint density at radius 1 is 1.12 bits per heavy atom. The number of ether oxygens (including phenoxy) is 1. The monoisotopic (exact) mass is 367 g/mol. The summed E-state index contributed by atoms with van der Waals surface area (Å²) in [5, 5.41) is 1.24. The van der Waals surface area contributed by atoms with Crippen molar-refractivity contribution < 1.29 is 9.15 Å². The minimum atomic E-state index is -0.0163. The third kappa shape index (κ3) is 2.52. The fraction of sp³-hybridized carbons (Fsp3) is 0.286. The van der Waals surface area contributed by atoms with Gasteiger partial charge < -0.3 is 9.15 Å². The lowest BCUT2D eigenvalue weighted by atomic mass is 10.0. The van der Waals surface area contributed by atoms with E-state index in [0.29, 0.717) is 40.1 Å². The van der Waals surface area contributed by atoms with Crippen molar-refractivity contribution in [3.8, 4) is 16.9 Å². The van der Waals surface area contributed by atoms with Crippen molar-refractivity contribution in [1.29, 1.82) is 0 Å². The molecule has 0 atom stereocenters. The smallest absolute Gasteiger partial charge is 0.200 e. The van der Waals surface area contributed by atoms with Crippen LogP contribution in [0.4, 0.5) is 0 Å². The van der Waals surface area contributed by atoms with Crippen molar-refractivity contribution in [3.63, 3.8) is 0 Å². The Kier molecular flexibility index (Phi) is 3.59. The SMILES string of the molecule is Cc1oc2c3c(ccc2c(=O)c1-c1ccc(Cl)cc1)OCN(C1CC1)C3. The van der Waals surface area contributed by atoms with E-state index in [0.717, 1.165) is 23.4 Å². The zero-order chi connectivity index (χ0) is 17.8. The molecular formula is C21H18ClNO3. The third-order valence-corrected chi connectivity index (χ3v) is 5.49. The average molecular weight is 368 g/mol. The number of aryl methyl sites for hydroxylation is 1. The van der Waals surface area contributed by atoms with E-state index in [1.54, 1.807) is 12.1 Å². The van der Waals surface area contributed by atoms with Crippen LogP contribution in [0.25, 0.3) is 22.1 Å². The highest BCUT2D eigenvalue weighted by atomic mass is 35.5. The van der Waals surface area contributed by atoms with Crippen LogP contribution in [0.15, 0.2) is 45.6 Å². The first kappa shape index (κ1) is 15.9. The maximum absolute atomic E-state index is 13.2. The van der Waals surface area contributed by atoms with Crippen LogP contribution in [0, 0.1) is 6.92 Å². The largest absolute Gasteiger partial charge is 0.478 e. The van der Waals surface area contributed by atoms with Crippen LogP contribution in [0.2, 0.25) is 5.02 Å². The third-order valence-electron chi connectivity index (χ3n) is 5.24. The quantitative estimate of drug-likeness (QED) is 0.656. The van der Waals surface area contributed by atoms with Gasteiger partial charge in [0.1, 0.15) is 23.8 Å². The van der Waals surface area contributed by atoms with E-state index >= 15 is 0 Å². The minimum Gasteiger partial charge on any atom is -0.478 e. The number of halogens is 1. The second kappa shape index (κ2) is 5.86. The van der Waals surface area contributed by atoms with E-state index in [1.807, 2.05) is 31.2 Å². The Bertz CT molecular complexity index is 1070. The van der Waals surface area contributed by atoms with Gasteiger partial charge in [0.15, 0.2) is 0 Å². The molecule has 1 aliphatic carbocycles. The molecule has 1 aromatic heterocycles. The molecule has 1 saturated carbocycles. The summed E-state index contributed by atoms with van der Waals surface area (Å²) in [7, 11) is 0. The lowest BCUT2D eigenvalue weighted by molar-refractivity contribution is 0.0885. The molecule has 4 nitrogen and oxygen atoms in total. The molecular weight excluding hydrogens is 350 g/mol. The van der Waals surface area contributed by atoms with Gasteiger partial charge in [-0.15, -0.1) is 0 Å². The molecule has 0 radical (unpaired) electrons. The molecule has 0 N–H and O–H groups in total. The fourth-order valence-corrected chi connectivity index (χ4v) is 3.84. The van der Waals surface area contributed by atoms with Gasteiger partial charge in [-0.05, 0) is 49.6 Å². The van der Waals surface area contributed by atoms with Gasteiger partial charge in [-0.3, -0.25) is 9.69 Å². The van der Waals surface area contributed by atoms with E-state index < -0.39 is 0 Å². The van der Waals surface area contributed by atoms with Gasteiger partial charge in [-0.25, -0.2) is 0 Å². The summed E-state index contributed by atoms with van der Waals surface area (Å²) in [4.78, 5) is 15.5. The normalized spacial score (nSPS) is 17.2. The molecule has 0 unspecified atom stereocenters. The highest BCUT2D eigenvalue weighted by molar-refractivity contribution is 6.30. The zero-order valence-electron chi connectivity index (χ0n) is 14.4. The summed E-state index contributed by atoms with van der Waals surface area (Å²) >= 11 is 5.98. The number of hydrogen-bond acceptors (Lipinski definition) is 4. The van der Waals surface area contributed by atoms with Crippen LogP contribution in [0.5, 0.6) is 5.75 Å². The maximum atomic E-state index is 13.2. The second-order valence-electron chi connectivity index (χ2n) is 7.04. The maximum Gasteiger partial charge on any atom is 0.200 e. The lowest BCUT2D eigenvalue weighted by Gasteiger charge is -2.29. The first-order valence-electron chi connectivity index (χ1n) is 8.84. The van der Waals surface area contributed by atoms with Crippen molar-refractivity contribution in [2.75, 3.05) is 6.73 Å². The molecule has 5 rings (SSSR count). The highest BCUT2D eigenvalue weighted by Crippen LogP contribution is 2.37. The van der Waals surface area contributed by atoms with Gasteiger partial charge in [0.05, 0.1) is 16.5 Å². The van der Waals surface area contributed by atoms with Crippen LogP contribution in [-0.4, -0.2) is 17.7 Å². The van der Waals surface area contributed by atoms with Crippen molar-refractivity contribution in [1.82, 2.24) is 4.90 Å². The summed E-state index contributed by atoms with van der Waals surface area (Å²) in [6, 6.07) is 11.6. The molecule has 0 bridgehead atoms. The number of hydrogen-bond donors (Lipinski definition) is 0. The second-order valence-corrected chi connectivity index (χ2v) is 7.48. The summed E-state index contributed by atoms with van der Waals surface area (Å²) < 4.78 is 12.1. The first-order chi connectivity index (χ1) is 12.6. The number of benzene rings is 2. The van der Waals surface area contributed by atoms with E-state index in [2.05, 4.69) is 4.90 Å². The van der Waals surface area contributed by atoms with Gasteiger partial charge in [0.25, 0.3) is 0 Å². The topological polar surface area (TPSA) is 42.7 Å². The Hall–Kier alpha value is -2.30. The molecule has 132 valence electrons. The zero-order valence-corrected chi connectivity index (χ0v) is 15.2. The van der Waals surface area contributed by atoms with Gasteiger partial charge >= 0.3 is 0 Å². The molecule has 1 aliphatic heterocycles. The van der Waals surface area contributed by atoms with Crippen molar-refractivity contribution in [3.05, 3.63) is 63.0 Å².